The van der Waals surface area contributed by atoms with Gasteiger partial charge in [0.25, 0.3) is 0 Å². The van der Waals surface area contributed by atoms with Crippen LogP contribution in [-0.4, -0.2) is 17.1 Å². The Hall–Kier alpha value is -1.56. The van der Waals surface area contributed by atoms with E-state index in [1.165, 1.54) is 13.0 Å². The smallest absolute Gasteiger partial charge is 0.221 e. The van der Waals surface area contributed by atoms with Crippen molar-refractivity contribution >= 4 is 28.9 Å². The van der Waals surface area contributed by atoms with Crippen molar-refractivity contribution < 1.29 is 18.3 Å². The maximum Gasteiger partial charge on any atom is 0.221 e. The third kappa shape index (κ3) is 4.90. The van der Waals surface area contributed by atoms with E-state index in [0.717, 1.165) is 6.07 Å². The monoisotopic (exact) mass is 287 g/mol. The summed E-state index contributed by atoms with van der Waals surface area (Å²) >= 11 is 4.97. The quantitative estimate of drug-likeness (QED) is 0.864. The van der Waals surface area contributed by atoms with Gasteiger partial charge in [-0.05, 0) is 37.7 Å². The molecule has 0 saturated carbocycles. The number of hydrogen-bond acceptors (Lipinski definition) is 3. The van der Waals surface area contributed by atoms with Gasteiger partial charge in [-0.3, -0.25) is 4.79 Å². The Kier molecular flexibility index (Phi) is 5.35. The average Bonchev–Trinajstić information content (AvgIpc) is 2.23. The molecule has 1 aromatic carbocycles. The molecule has 0 spiro atoms. The van der Waals surface area contributed by atoms with Crippen LogP contribution < -0.4 is 5.32 Å². The molecular weight excluding hydrogens is 272 g/mol. The second-order valence-electron chi connectivity index (χ2n) is 4.32. The van der Waals surface area contributed by atoms with Crippen molar-refractivity contribution in [1.82, 2.24) is 0 Å². The van der Waals surface area contributed by atoms with Crippen LogP contribution in [0.4, 0.5) is 14.5 Å². The standard InChI is InChI=1S/C13H15F2NO2S/c1-7(2)18-13(19)5-9-4-12(16-8(3)17)11(15)6-10(9)14/h4,6-7H,5H2,1-3H3,(H,16,17). The maximum absolute atomic E-state index is 13.6. The average molecular weight is 287 g/mol. The lowest BCUT2D eigenvalue weighted by Gasteiger charge is -2.12. The number of anilines is 1. The third-order valence-corrected chi connectivity index (χ3v) is 2.39. The number of nitrogens with one attached hydrogen (secondary N) is 1. The van der Waals surface area contributed by atoms with E-state index in [1.54, 1.807) is 13.8 Å². The number of thiocarbonyl (C=S) groups is 1. The van der Waals surface area contributed by atoms with Crippen LogP contribution in [-0.2, 0) is 16.0 Å². The fraction of sp³-hybridized carbons (Fsp3) is 0.385. The normalized spacial score (nSPS) is 10.4. The molecule has 3 nitrogen and oxygen atoms in total. The van der Waals surface area contributed by atoms with Crippen LogP contribution in [0.3, 0.4) is 0 Å². The van der Waals surface area contributed by atoms with Crippen LogP contribution >= 0.6 is 12.2 Å². The van der Waals surface area contributed by atoms with E-state index < -0.39 is 17.5 Å². The minimum Gasteiger partial charge on any atom is -0.484 e. The van der Waals surface area contributed by atoms with Crippen molar-refractivity contribution in [3.63, 3.8) is 0 Å². The molecule has 1 rings (SSSR count). The first-order valence-corrected chi connectivity index (χ1v) is 6.15. The van der Waals surface area contributed by atoms with E-state index in [9.17, 15) is 13.6 Å². The lowest BCUT2D eigenvalue weighted by atomic mass is 10.1. The zero-order valence-corrected chi connectivity index (χ0v) is 11.7. The molecular formula is C13H15F2NO2S. The molecule has 0 aromatic heterocycles. The molecule has 0 radical (unpaired) electrons. The van der Waals surface area contributed by atoms with E-state index in [2.05, 4.69) is 5.32 Å². The molecule has 0 heterocycles. The van der Waals surface area contributed by atoms with Gasteiger partial charge in [0.1, 0.15) is 11.6 Å². The number of carbonyl (C=O) groups excluding carboxylic acids is 1. The summed E-state index contributed by atoms with van der Waals surface area (Å²) in [4.78, 5) is 10.9. The van der Waals surface area contributed by atoms with Gasteiger partial charge in [-0.25, -0.2) is 8.78 Å². The summed E-state index contributed by atoms with van der Waals surface area (Å²) in [5.74, 6) is -1.98. The third-order valence-electron chi connectivity index (χ3n) is 2.15. The first kappa shape index (κ1) is 15.5. The molecule has 1 aromatic rings. The zero-order valence-electron chi connectivity index (χ0n) is 10.9. The van der Waals surface area contributed by atoms with Crippen LogP contribution in [0.2, 0.25) is 0 Å². The fourth-order valence-electron chi connectivity index (χ4n) is 1.47. The first-order chi connectivity index (χ1) is 8.79. The molecule has 1 amide bonds. The predicted octanol–water partition coefficient (Wildman–Crippen LogP) is 3.22. The van der Waals surface area contributed by atoms with Crippen molar-refractivity contribution in [3.05, 3.63) is 29.3 Å². The van der Waals surface area contributed by atoms with Crippen molar-refractivity contribution in [1.29, 1.82) is 0 Å². The Morgan fingerprint density at radius 3 is 2.53 bits per heavy atom. The van der Waals surface area contributed by atoms with Crippen LogP contribution in [0.1, 0.15) is 26.3 Å². The second-order valence-corrected chi connectivity index (χ2v) is 4.78. The van der Waals surface area contributed by atoms with Crippen LogP contribution in [0.15, 0.2) is 12.1 Å². The van der Waals surface area contributed by atoms with Gasteiger partial charge in [-0.2, -0.15) is 0 Å². The molecule has 0 aliphatic rings. The minimum absolute atomic E-state index is 0.0478. The fourth-order valence-corrected chi connectivity index (χ4v) is 1.82. The van der Waals surface area contributed by atoms with Crippen molar-refractivity contribution in [2.24, 2.45) is 0 Å². The van der Waals surface area contributed by atoms with E-state index in [1.807, 2.05) is 0 Å². The summed E-state index contributed by atoms with van der Waals surface area (Å²) in [6.45, 7) is 4.85. The summed E-state index contributed by atoms with van der Waals surface area (Å²) in [7, 11) is 0. The molecule has 0 fully saturated rings. The van der Waals surface area contributed by atoms with E-state index >= 15 is 0 Å². The molecule has 1 N–H and O–H groups in total. The Morgan fingerprint density at radius 1 is 1.37 bits per heavy atom. The van der Waals surface area contributed by atoms with Gasteiger partial charge in [-0.1, -0.05) is 0 Å². The Bertz CT molecular complexity index is 504. The summed E-state index contributed by atoms with van der Waals surface area (Å²) in [6, 6.07) is 1.95. The SMILES string of the molecule is CC(=O)Nc1cc(CC(=S)OC(C)C)c(F)cc1F. The molecule has 0 unspecified atom stereocenters. The van der Waals surface area contributed by atoms with E-state index in [-0.39, 0.29) is 28.8 Å². The topological polar surface area (TPSA) is 38.3 Å². The number of benzene rings is 1. The summed E-state index contributed by atoms with van der Waals surface area (Å²) in [5, 5.41) is 2.51. The van der Waals surface area contributed by atoms with Crippen molar-refractivity contribution in [3.8, 4) is 0 Å². The van der Waals surface area contributed by atoms with E-state index in [0.29, 0.717) is 0 Å². The highest BCUT2D eigenvalue weighted by Crippen LogP contribution is 2.20. The Labute approximate surface area is 116 Å². The molecule has 104 valence electrons. The highest BCUT2D eigenvalue weighted by atomic mass is 32.1. The van der Waals surface area contributed by atoms with Gasteiger partial charge >= 0.3 is 0 Å². The van der Waals surface area contributed by atoms with Crippen LogP contribution in [0, 0.1) is 11.6 Å². The number of hydrogen-bond donors (Lipinski definition) is 1. The van der Waals surface area contributed by atoms with Gasteiger partial charge in [0.2, 0.25) is 5.91 Å². The molecule has 0 aliphatic carbocycles. The molecule has 19 heavy (non-hydrogen) atoms. The number of amides is 1. The van der Waals surface area contributed by atoms with Crippen LogP contribution in [0.25, 0.3) is 0 Å². The predicted molar refractivity (Wildman–Crippen MR) is 73.2 cm³/mol. The maximum atomic E-state index is 13.6. The highest BCUT2D eigenvalue weighted by Gasteiger charge is 2.13. The Morgan fingerprint density at radius 2 is 2.00 bits per heavy atom. The minimum atomic E-state index is -0.827. The van der Waals surface area contributed by atoms with Crippen LogP contribution in [0.5, 0.6) is 0 Å². The van der Waals surface area contributed by atoms with Gasteiger partial charge in [0.15, 0.2) is 5.05 Å². The number of halogens is 2. The molecule has 6 heteroatoms. The zero-order chi connectivity index (χ0) is 14.6. The number of rotatable bonds is 4. The van der Waals surface area contributed by atoms with Gasteiger partial charge in [-0.15, -0.1) is 0 Å². The molecule has 0 aliphatic heterocycles. The molecule has 0 saturated heterocycles. The van der Waals surface area contributed by atoms with Gasteiger partial charge in [0, 0.05) is 19.4 Å². The second kappa shape index (κ2) is 6.56. The molecule has 0 atom stereocenters. The van der Waals surface area contributed by atoms with Crippen molar-refractivity contribution in [2.45, 2.75) is 33.3 Å². The van der Waals surface area contributed by atoms with Gasteiger partial charge in [0.05, 0.1) is 11.8 Å². The first-order valence-electron chi connectivity index (χ1n) is 5.74. The largest absolute Gasteiger partial charge is 0.484 e. The summed E-state index contributed by atoms with van der Waals surface area (Å²) < 4.78 is 32.3. The Balaban J connectivity index is 2.94. The van der Waals surface area contributed by atoms with Gasteiger partial charge < -0.3 is 10.1 Å². The lowest BCUT2D eigenvalue weighted by molar-refractivity contribution is -0.114. The highest BCUT2D eigenvalue weighted by molar-refractivity contribution is 7.80. The lowest BCUT2D eigenvalue weighted by Crippen LogP contribution is -2.14. The molecule has 0 bridgehead atoms. The summed E-state index contributed by atoms with van der Waals surface area (Å²) in [5.41, 5.74) is 0.104. The van der Waals surface area contributed by atoms with E-state index in [4.69, 9.17) is 17.0 Å². The number of carbonyl (C=O) groups is 1. The van der Waals surface area contributed by atoms with Crippen molar-refractivity contribution in [2.75, 3.05) is 5.32 Å². The number of ether oxygens (including phenoxy) is 1. The summed E-state index contributed by atoms with van der Waals surface area (Å²) in [6.07, 6.45) is -0.0579.